The molecule has 7 unspecified atom stereocenters. The first kappa shape index (κ1) is 18.2. The Morgan fingerprint density at radius 1 is 1.30 bits per heavy atom. The average molecular weight is 448 g/mol. The van der Waals surface area contributed by atoms with E-state index < -0.39 is 9.15 Å². The lowest BCUT2D eigenvalue weighted by Crippen LogP contribution is -2.71. The minimum absolute atomic E-state index is 0.00584. The van der Waals surface area contributed by atoms with Crippen LogP contribution in [0.3, 0.4) is 0 Å². The van der Waals surface area contributed by atoms with E-state index in [0.29, 0.717) is 46.9 Å². The number of rotatable bonds is 2. The van der Waals surface area contributed by atoms with Gasteiger partial charge in [0.05, 0.1) is 37.1 Å². The van der Waals surface area contributed by atoms with Crippen molar-refractivity contribution < 1.29 is 26.4 Å². The summed E-state index contributed by atoms with van der Waals surface area (Å²) < 4.78 is 40.6. The standard InChI is InChI=1S/C21H22N2O5S2/c24-18-10-16-19-13-9-17-21(14-3-1-2-4-15(14)22(18)20(19)21)6-7-23(17,29-30(25,26)27)11-12(13)5-8-28-16/h1-5,13,16-17,19-20H,6-11H2/p+1. The van der Waals surface area contributed by atoms with Gasteiger partial charge in [-0.25, -0.2) is 3.89 Å². The summed E-state index contributed by atoms with van der Waals surface area (Å²) in [6.45, 7) is 1.76. The summed E-state index contributed by atoms with van der Waals surface area (Å²) in [5, 5.41) is 0. The number of amides is 1. The monoisotopic (exact) mass is 447 g/mol. The number of benzene rings is 1. The van der Waals surface area contributed by atoms with Crippen molar-refractivity contribution in [3.05, 3.63) is 41.5 Å². The highest BCUT2D eigenvalue weighted by Crippen LogP contribution is 2.69. The van der Waals surface area contributed by atoms with Gasteiger partial charge in [0.15, 0.2) is 0 Å². The van der Waals surface area contributed by atoms with Gasteiger partial charge in [-0.3, -0.25) is 9.35 Å². The molecule has 5 heterocycles. The summed E-state index contributed by atoms with van der Waals surface area (Å²) in [6.07, 6.45) is 4.14. The Hall–Kier alpha value is -1.39. The number of ether oxygens (including phenoxy) is 1. The molecule has 5 aliphatic heterocycles. The fraction of sp³-hybridized carbons (Fsp3) is 0.571. The Morgan fingerprint density at radius 2 is 2.13 bits per heavy atom. The maximum absolute atomic E-state index is 13.4. The fourth-order valence-corrected chi connectivity index (χ4v) is 11.0. The van der Waals surface area contributed by atoms with Crippen molar-refractivity contribution in [2.75, 3.05) is 24.6 Å². The molecule has 7 nitrogen and oxygen atoms in total. The molecule has 158 valence electrons. The zero-order chi connectivity index (χ0) is 20.5. The molecule has 1 spiro atoms. The number of fused-ring (bicyclic) bond motifs is 2. The number of quaternary nitrogens is 1. The van der Waals surface area contributed by atoms with Gasteiger partial charge in [0.2, 0.25) is 16.9 Å². The van der Waals surface area contributed by atoms with Crippen LogP contribution in [0.25, 0.3) is 0 Å². The molecular weight excluding hydrogens is 424 g/mol. The van der Waals surface area contributed by atoms with Crippen molar-refractivity contribution in [2.45, 2.75) is 42.9 Å². The van der Waals surface area contributed by atoms with E-state index in [1.165, 1.54) is 11.1 Å². The predicted molar refractivity (Wildman–Crippen MR) is 111 cm³/mol. The Balaban J connectivity index is 1.52. The van der Waals surface area contributed by atoms with Crippen molar-refractivity contribution in [3.8, 4) is 0 Å². The number of carbonyl (C=O) groups excluding carboxylic acids is 1. The van der Waals surface area contributed by atoms with Crippen LogP contribution in [0.4, 0.5) is 5.69 Å². The van der Waals surface area contributed by atoms with Crippen LogP contribution in [0.1, 0.15) is 24.8 Å². The number of hydrogen-bond donors (Lipinski definition) is 1. The Labute approximate surface area is 178 Å². The molecule has 9 heteroatoms. The van der Waals surface area contributed by atoms with E-state index in [9.17, 15) is 17.8 Å². The third-order valence-corrected chi connectivity index (χ3v) is 11.2. The number of nitrogens with zero attached hydrogens (tertiary/aromatic N) is 2. The van der Waals surface area contributed by atoms with E-state index >= 15 is 0 Å². The Kier molecular flexibility index (Phi) is 3.34. The number of carbonyl (C=O) groups is 1. The second-order valence-corrected chi connectivity index (χ2v) is 13.1. The van der Waals surface area contributed by atoms with E-state index in [-0.39, 0.29) is 35.4 Å². The SMILES string of the molecule is O=C1CC2OCC=C3C[N+]4(SS(=O)(=O)O)CCC56c7ccccc7N1C5C2C3CC64. The van der Waals surface area contributed by atoms with Crippen molar-refractivity contribution >= 4 is 31.7 Å². The van der Waals surface area contributed by atoms with E-state index in [1.54, 1.807) is 0 Å². The Morgan fingerprint density at radius 3 is 2.97 bits per heavy atom. The number of para-hydroxylation sites is 1. The maximum atomic E-state index is 13.4. The van der Waals surface area contributed by atoms with Gasteiger partial charge >= 0.3 is 9.15 Å². The van der Waals surface area contributed by atoms with Crippen molar-refractivity contribution in [2.24, 2.45) is 11.8 Å². The van der Waals surface area contributed by atoms with E-state index in [4.69, 9.17) is 4.74 Å². The molecule has 7 rings (SSSR count). The van der Waals surface area contributed by atoms with Gasteiger partial charge in [-0.05, 0) is 23.1 Å². The van der Waals surface area contributed by atoms with Gasteiger partial charge in [0, 0.05) is 24.4 Å². The van der Waals surface area contributed by atoms with Gasteiger partial charge in [-0.15, -0.1) is 0 Å². The lowest BCUT2D eigenvalue weighted by Gasteiger charge is -2.59. The fourth-order valence-electron chi connectivity index (χ4n) is 8.07. The molecule has 4 fully saturated rings. The zero-order valence-corrected chi connectivity index (χ0v) is 17.9. The molecule has 1 aromatic rings. The second kappa shape index (κ2) is 5.50. The molecule has 3 saturated heterocycles. The van der Waals surface area contributed by atoms with Crippen molar-refractivity contribution in [1.29, 1.82) is 0 Å². The first-order chi connectivity index (χ1) is 14.3. The molecular formula is C21H23N2O5S2+. The van der Waals surface area contributed by atoms with E-state index in [1.807, 2.05) is 23.1 Å². The smallest absolute Gasteiger partial charge is 0.373 e. The molecule has 1 saturated carbocycles. The average Bonchev–Trinajstić information content (AvgIpc) is 3.11. The summed E-state index contributed by atoms with van der Waals surface area (Å²) in [7, 11) is -3.51. The molecule has 2 bridgehead atoms. The number of anilines is 1. The van der Waals surface area contributed by atoms with Crippen molar-refractivity contribution in [3.63, 3.8) is 0 Å². The van der Waals surface area contributed by atoms with Crippen molar-refractivity contribution in [1.82, 2.24) is 0 Å². The second-order valence-electron chi connectivity index (χ2n) is 9.64. The van der Waals surface area contributed by atoms with Crippen LogP contribution in [0.5, 0.6) is 0 Å². The summed E-state index contributed by atoms with van der Waals surface area (Å²) in [4.78, 5) is 15.4. The summed E-state index contributed by atoms with van der Waals surface area (Å²) in [5.74, 6) is 0.648. The Bertz CT molecular complexity index is 1140. The lowest BCUT2D eigenvalue weighted by molar-refractivity contribution is -0.812. The van der Waals surface area contributed by atoms with Crippen LogP contribution < -0.4 is 4.90 Å². The molecule has 30 heavy (non-hydrogen) atoms. The number of hydrogen-bond acceptors (Lipinski definition) is 5. The normalized spacial score (nSPS) is 45.1. The highest BCUT2D eigenvalue weighted by atomic mass is 33.2. The van der Waals surface area contributed by atoms with E-state index in [2.05, 4.69) is 12.1 Å². The first-order valence-corrected chi connectivity index (χ1v) is 13.3. The molecule has 1 aromatic carbocycles. The van der Waals surface area contributed by atoms with Gasteiger partial charge in [-0.2, -0.15) is 8.42 Å². The van der Waals surface area contributed by atoms with Gasteiger partial charge in [0.1, 0.15) is 12.6 Å². The highest BCUT2D eigenvalue weighted by Gasteiger charge is 2.77. The molecule has 6 aliphatic rings. The molecule has 1 amide bonds. The highest BCUT2D eigenvalue weighted by molar-refractivity contribution is 8.67. The molecule has 1 N–H and O–H groups in total. The lowest BCUT2D eigenvalue weighted by atomic mass is 9.53. The minimum Gasteiger partial charge on any atom is -0.373 e. The number of piperidine rings is 2. The largest absolute Gasteiger partial charge is 0.373 e. The quantitative estimate of drug-likeness (QED) is 0.246. The van der Waals surface area contributed by atoms with Gasteiger partial charge < -0.3 is 9.64 Å². The topological polar surface area (TPSA) is 83.9 Å². The van der Waals surface area contributed by atoms with Crippen LogP contribution >= 0.6 is 11.0 Å². The molecule has 0 radical (unpaired) electrons. The third kappa shape index (κ3) is 1.99. The van der Waals surface area contributed by atoms with Crippen LogP contribution in [-0.4, -0.2) is 60.7 Å². The van der Waals surface area contributed by atoms with Crippen LogP contribution in [0.2, 0.25) is 0 Å². The predicted octanol–water partition coefficient (Wildman–Crippen LogP) is 2.06. The molecule has 7 atom stereocenters. The summed E-state index contributed by atoms with van der Waals surface area (Å²) >= 11 is 0. The molecule has 0 aromatic heterocycles. The molecule has 1 aliphatic carbocycles. The first-order valence-electron chi connectivity index (χ1n) is 10.6. The summed E-state index contributed by atoms with van der Waals surface area (Å²) in [5.41, 5.74) is 3.13. The van der Waals surface area contributed by atoms with Crippen LogP contribution in [-0.2, 0) is 24.1 Å². The third-order valence-electron chi connectivity index (χ3n) is 8.74. The minimum atomic E-state index is -4.22. The van der Waals surface area contributed by atoms with Gasteiger partial charge in [-0.1, -0.05) is 24.3 Å². The zero-order valence-electron chi connectivity index (χ0n) is 16.3. The van der Waals surface area contributed by atoms with Gasteiger partial charge in [0.25, 0.3) is 0 Å². The summed E-state index contributed by atoms with van der Waals surface area (Å²) in [6, 6.07) is 8.23. The maximum Gasteiger partial charge on any atom is 0.373 e. The van der Waals surface area contributed by atoms with Crippen LogP contribution in [0, 0.1) is 11.8 Å². The van der Waals surface area contributed by atoms with E-state index in [0.717, 1.165) is 18.5 Å². The van der Waals surface area contributed by atoms with Crippen LogP contribution in [0.15, 0.2) is 35.9 Å².